The summed E-state index contributed by atoms with van der Waals surface area (Å²) in [5.74, 6) is 0.504. The van der Waals surface area contributed by atoms with Crippen molar-refractivity contribution in [2.45, 2.75) is 19.4 Å². The standard InChI is InChI=1S/C23H23FN2O2/c1-28-20-8-2-6-17(13-20)23(27)18-7-4-12-26(14-18)15-19-11-10-16-5-3-9-21(24)22(16)25-19/h2-3,5-6,8-11,13,18H,4,7,12,14-15H2,1H3. The summed E-state index contributed by atoms with van der Waals surface area (Å²) in [6, 6.07) is 16.2. The zero-order valence-corrected chi connectivity index (χ0v) is 15.9. The van der Waals surface area contributed by atoms with Crippen molar-refractivity contribution in [1.29, 1.82) is 0 Å². The van der Waals surface area contributed by atoms with Gasteiger partial charge >= 0.3 is 0 Å². The molecule has 0 spiro atoms. The van der Waals surface area contributed by atoms with Crippen molar-refractivity contribution in [1.82, 2.24) is 9.88 Å². The zero-order chi connectivity index (χ0) is 19.5. The lowest BCUT2D eigenvalue weighted by Crippen LogP contribution is -2.38. The van der Waals surface area contributed by atoms with E-state index in [1.807, 2.05) is 36.4 Å². The normalized spacial score (nSPS) is 17.6. The number of hydrogen-bond acceptors (Lipinski definition) is 4. The molecule has 1 fully saturated rings. The molecule has 4 rings (SSSR count). The highest BCUT2D eigenvalue weighted by Gasteiger charge is 2.27. The van der Waals surface area contributed by atoms with Crippen LogP contribution >= 0.6 is 0 Å². The Kier molecular flexibility index (Phi) is 5.35. The molecule has 1 aliphatic rings. The molecule has 1 aromatic heterocycles. The van der Waals surface area contributed by atoms with Crippen LogP contribution in [0.25, 0.3) is 10.9 Å². The molecule has 2 heterocycles. The van der Waals surface area contributed by atoms with Gasteiger partial charge in [0.05, 0.1) is 12.8 Å². The predicted octanol–water partition coefficient (Wildman–Crippen LogP) is 4.48. The van der Waals surface area contributed by atoms with Crippen molar-refractivity contribution < 1.29 is 13.9 Å². The fraction of sp³-hybridized carbons (Fsp3) is 0.304. The van der Waals surface area contributed by atoms with Gasteiger partial charge in [0.1, 0.15) is 17.1 Å². The van der Waals surface area contributed by atoms with E-state index in [-0.39, 0.29) is 17.5 Å². The average Bonchev–Trinajstić information content (AvgIpc) is 2.74. The van der Waals surface area contributed by atoms with Crippen molar-refractivity contribution in [2.75, 3.05) is 20.2 Å². The van der Waals surface area contributed by atoms with E-state index in [2.05, 4.69) is 9.88 Å². The van der Waals surface area contributed by atoms with Crippen LogP contribution in [0, 0.1) is 11.7 Å². The number of pyridine rings is 1. The van der Waals surface area contributed by atoms with E-state index in [1.54, 1.807) is 19.2 Å². The first kappa shape index (κ1) is 18.6. The minimum absolute atomic E-state index is 0.0435. The Morgan fingerprint density at radius 3 is 2.93 bits per heavy atom. The Bertz CT molecular complexity index is 1000. The summed E-state index contributed by atoms with van der Waals surface area (Å²) >= 11 is 0. The topological polar surface area (TPSA) is 42.4 Å². The first-order valence-corrected chi connectivity index (χ1v) is 9.59. The van der Waals surface area contributed by atoms with Gasteiger partial charge in [-0.2, -0.15) is 0 Å². The van der Waals surface area contributed by atoms with Gasteiger partial charge in [-0.15, -0.1) is 0 Å². The molecule has 1 saturated heterocycles. The number of carbonyl (C=O) groups excluding carboxylic acids is 1. The largest absolute Gasteiger partial charge is 0.497 e. The van der Waals surface area contributed by atoms with E-state index in [9.17, 15) is 9.18 Å². The molecule has 3 aromatic rings. The minimum atomic E-state index is -0.302. The number of halogens is 1. The van der Waals surface area contributed by atoms with Crippen LogP contribution in [-0.2, 0) is 6.54 Å². The Hall–Kier alpha value is -2.79. The van der Waals surface area contributed by atoms with Crippen molar-refractivity contribution in [3.8, 4) is 5.75 Å². The van der Waals surface area contributed by atoms with E-state index in [1.165, 1.54) is 6.07 Å². The van der Waals surface area contributed by atoms with E-state index >= 15 is 0 Å². The van der Waals surface area contributed by atoms with Gasteiger partial charge in [0, 0.05) is 30.0 Å². The van der Waals surface area contributed by atoms with E-state index in [0.717, 1.165) is 30.5 Å². The number of Topliss-reactive ketones (excluding diaryl/α,β-unsaturated/α-hetero) is 1. The highest BCUT2D eigenvalue weighted by Crippen LogP contribution is 2.24. The van der Waals surface area contributed by atoms with Crippen LogP contribution in [0.4, 0.5) is 4.39 Å². The number of ether oxygens (including phenoxy) is 1. The number of likely N-dealkylation sites (tertiary alicyclic amines) is 1. The van der Waals surface area contributed by atoms with Gasteiger partial charge in [-0.25, -0.2) is 9.37 Å². The second-order valence-electron chi connectivity index (χ2n) is 7.28. The maximum Gasteiger partial charge on any atom is 0.167 e. The van der Waals surface area contributed by atoms with Gasteiger partial charge in [0.25, 0.3) is 0 Å². The third kappa shape index (κ3) is 3.90. The van der Waals surface area contributed by atoms with Crippen molar-refractivity contribution in [2.24, 2.45) is 5.92 Å². The number of methoxy groups -OCH3 is 1. The van der Waals surface area contributed by atoms with Gasteiger partial charge in [0.15, 0.2) is 5.78 Å². The number of rotatable bonds is 5. The van der Waals surface area contributed by atoms with E-state index in [4.69, 9.17) is 4.74 Å². The molecule has 28 heavy (non-hydrogen) atoms. The quantitative estimate of drug-likeness (QED) is 0.614. The summed E-state index contributed by atoms with van der Waals surface area (Å²) in [7, 11) is 1.60. The van der Waals surface area contributed by atoms with Crippen LogP contribution < -0.4 is 4.74 Å². The molecule has 0 amide bonds. The lowest BCUT2D eigenvalue weighted by Gasteiger charge is -2.31. The summed E-state index contributed by atoms with van der Waals surface area (Å²) in [6.07, 6.45) is 1.84. The number of aromatic nitrogens is 1. The molecule has 0 bridgehead atoms. The van der Waals surface area contributed by atoms with Crippen molar-refractivity contribution in [3.05, 3.63) is 71.7 Å². The van der Waals surface area contributed by atoms with E-state index in [0.29, 0.717) is 29.9 Å². The first-order chi connectivity index (χ1) is 13.6. The molecule has 4 nitrogen and oxygen atoms in total. The molecular formula is C23H23FN2O2. The smallest absolute Gasteiger partial charge is 0.167 e. The van der Waals surface area contributed by atoms with Crippen molar-refractivity contribution >= 4 is 16.7 Å². The summed E-state index contributed by atoms with van der Waals surface area (Å²) in [4.78, 5) is 19.7. The Labute approximate surface area is 164 Å². The number of nitrogens with zero attached hydrogens (tertiary/aromatic N) is 2. The van der Waals surface area contributed by atoms with Crippen LogP contribution in [0.1, 0.15) is 28.9 Å². The Balaban J connectivity index is 1.48. The number of fused-ring (bicyclic) bond motifs is 1. The molecule has 0 aliphatic carbocycles. The molecule has 0 N–H and O–H groups in total. The van der Waals surface area contributed by atoms with Gasteiger partial charge in [-0.1, -0.05) is 30.3 Å². The first-order valence-electron chi connectivity index (χ1n) is 9.59. The highest BCUT2D eigenvalue weighted by atomic mass is 19.1. The van der Waals surface area contributed by atoms with E-state index < -0.39 is 0 Å². The number of piperidine rings is 1. The highest BCUT2D eigenvalue weighted by molar-refractivity contribution is 5.98. The molecule has 144 valence electrons. The summed E-state index contributed by atoms with van der Waals surface area (Å²) in [6.45, 7) is 2.22. The van der Waals surface area contributed by atoms with Crippen LogP contribution in [0.3, 0.4) is 0 Å². The molecule has 1 atom stereocenters. The molecule has 2 aromatic carbocycles. The van der Waals surface area contributed by atoms with Crippen molar-refractivity contribution in [3.63, 3.8) is 0 Å². The second-order valence-corrected chi connectivity index (χ2v) is 7.28. The fourth-order valence-electron chi connectivity index (χ4n) is 3.89. The number of para-hydroxylation sites is 1. The Morgan fingerprint density at radius 2 is 2.07 bits per heavy atom. The van der Waals surface area contributed by atoms with Crippen LogP contribution in [0.15, 0.2) is 54.6 Å². The maximum atomic E-state index is 14.0. The van der Waals surface area contributed by atoms with Gasteiger partial charge in [-0.05, 0) is 43.7 Å². The fourth-order valence-corrected chi connectivity index (χ4v) is 3.89. The molecular weight excluding hydrogens is 355 g/mol. The Morgan fingerprint density at radius 1 is 1.21 bits per heavy atom. The van der Waals surface area contributed by atoms with Gasteiger partial charge in [-0.3, -0.25) is 9.69 Å². The lowest BCUT2D eigenvalue weighted by molar-refractivity contribution is 0.0810. The molecule has 0 saturated carbocycles. The molecule has 1 aliphatic heterocycles. The van der Waals surface area contributed by atoms with Gasteiger partial charge < -0.3 is 4.74 Å². The number of hydrogen-bond donors (Lipinski definition) is 0. The molecule has 1 unspecified atom stereocenters. The average molecular weight is 378 g/mol. The summed E-state index contributed by atoms with van der Waals surface area (Å²) < 4.78 is 19.3. The third-order valence-electron chi connectivity index (χ3n) is 5.34. The second kappa shape index (κ2) is 8.07. The zero-order valence-electron chi connectivity index (χ0n) is 15.9. The third-order valence-corrected chi connectivity index (χ3v) is 5.34. The molecule has 5 heteroatoms. The number of benzene rings is 2. The monoisotopic (exact) mass is 378 g/mol. The summed E-state index contributed by atoms with van der Waals surface area (Å²) in [5.41, 5.74) is 1.92. The number of carbonyl (C=O) groups is 1. The molecule has 0 radical (unpaired) electrons. The van der Waals surface area contributed by atoms with Crippen LogP contribution in [0.5, 0.6) is 5.75 Å². The SMILES string of the molecule is COc1cccc(C(=O)C2CCCN(Cc3ccc4cccc(F)c4n3)C2)c1. The summed E-state index contributed by atoms with van der Waals surface area (Å²) in [5, 5.41) is 0.800. The minimum Gasteiger partial charge on any atom is -0.497 e. The van der Waals surface area contributed by atoms with Gasteiger partial charge in [0.2, 0.25) is 0 Å². The lowest BCUT2D eigenvalue weighted by atomic mass is 9.90. The number of ketones is 1. The maximum absolute atomic E-state index is 14.0. The predicted molar refractivity (Wildman–Crippen MR) is 107 cm³/mol. The van der Waals surface area contributed by atoms with Crippen LogP contribution in [-0.4, -0.2) is 35.9 Å². The van der Waals surface area contributed by atoms with Crippen LogP contribution in [0.2, 0.25) is 0 Å².